The van der Waals surface area contributed by atoms with E-state index in [4.69, 9.17) is 9.47 Å². The number of hydrogen-bond acceptors (Lipinski definition) is 7. The molecule has 2 heterocycles. The van der Waals surface area contributed by atoms with Crippen molar-refractivity contribution in [2.75, 3.05) is 17.6 Å². The molecule has 0 bridgehead atoms. The molecule has 1 fully saturated rings. The summed E-state index contributed by atoms with van der Waals surface area (Å²) < 4.78 is 12.9. The molecule has 3 aromatic rings. The molecule has 2 aromatic carbocycles. The van der Waals surface area contributed by atoms with Crippen molar-refractivity contribution in [1.82, 2.24) is 10.3 Å². The Labute approximate surface area is 225 Å². The van der Waals surface area contributed by atoms with Crippen molar-refractivity contribution in [3.8, 4) is 0 Å². The van der Waals surface area contributed by atoms with Crippen molar-refractivity contribution in [3.63, 3.8) is 0 Å². The number of carbonyl (C=O) groups excluding carboxylic acids is 1. The number of aromatic carboxylic acids is 1. The van der Waals surface area contributed by atoms with E-state index in [2.05, 4.69) is 15.6 Å². The van der Waals surface area contributed by atoms with Crippen LogP contribution in [0.5, 0.6) is 0 Å². The fraction of sp³-hybridized carbons (Fsp3) is 0.321. The van der Waals surface area contributed by atoms with Crippen molar-refractivity contribution >= 4 is 29.4 Å². The Morgan fingerprint density at radius 3 is 2.55 bits per heavy atom. The molecular formula is C28H31N3O6S. The van der Waals surface area contributed by atoms with Crippen molar-refractivity contribution in [3.05, 3.63) is 89.1 Å². The Morgan fingerprint density at radius 1 is 1.05 bits per heavy atom. The molecule has 4 atom stereocenters. The van der Waals surface area contributed by atoms with Gasteiger partial charge in [0.25, 0.3) is 0 Å². The number of carbonyl (C=O) groups is 2. The Kier molecular flexibility index (Phi) is 9.35. The summed E-state index contributed by atoms with van der Waals surface area (Å²) in [6.45, 7) is 4.34. The van der Waals surface area contributed by atoms with Crippen LogP contribution in [0.2, 0.25) is 0 Å². The van der Waals surface area contributed by atoms with Gasteiger partial charge in [0.2, 0.25) is 0 Å². The number of carboxylic acid groups (broad SMARTS) is 1. The number of nitrogens with zero attached hydrogens (tertiary/aromatic N) is 1. The van der Waals surface area contributed by atoms with E-state index in [1.54, 1.807) is 18.3 Å². The molecule has 10 heteroatoms. The monoisotopic (exact) mass is 537 g/mol. The Bertz CT molecular complexity index is 1260. The number of aliphatic hydroxyl groups is 1. The molecule has 1 saturated heterocycles. The molecule has 0 saturated carbocycles. The zero-order valence-electron chi connectivity index (χ0n) is 21.2. The minimum Gasteiger partial charge on any atom is -0.478 e. The maximum absolute atomic E-state index is 12.0. The molecule has 0 aliphatic carbocycles. The molecule has 4 N–H and O–H groups in total. The second kappa shape index (κ2) is 12.9. The van der Waals surface area contributed by atoms with Crippen molar-refractivity contribution in [2.45, 2.75) is 44.0 Å². The van der Waals surface area contributed by atoms with Gasteiger partial charge >= 0.3 is 12.0 Å². The van der Waals surface area contributed by atoms with Crippen LogP contribution < -0.4 is 10.6 Å². The molecule has 2 amide bonds. The standard InChI is InChI=1S/C28H31N3O6S/c1-3-29-28(35)31-21-7-4-6-20(14-21)27-36-23(16-38-25-22(26(33)34)8-5-13-30-25)17(2)24(37-27)19-11-9-18(15-32)10-12-19/h4-14,17,23-24,27,32H,3,15-16H2,1-2H3,(H,33,34)(H2,29,31,35)/t17-,23+,24+,27+/m1/s1. The van der Waals surface area contributed by atoms with Crippen LogP contribution in [0.25, 0.3) is 0 Å². The summed E-state index contributed by atoms with van der Waals surface area (Å²) in [5, 5.41) is 24.9. The molecule has 1 aromatic heterocycles. The summed E-state index contributed by atoms with van der Waals surface area (Å²) in [6, 6.07) is 17.7. The number of aromatic nitrogens is 1. The van der Waals surface area contributed by atoms with Gasteiger partial charge < -0.3 is 30.3 Å². The maximum Gasteiger partial charge on any atom is 0.338 e. The van der Waals surface area contributed by atoms with E-state index < -0.39 is 12.3 Å². The van der Waals surface area contributed by atoms with Gasteiger partial charge in [-0.3, -0.25) is 0 Å². The van der Waals surface area contributed by atoms with E-state index in [1.165, 1.54) is 17.8 Å². The van der Waals surface area contributed by atoms with E-state index in [-0.39, 0.29) is 36.3 Å². The maximum atomic E-state index is 12.0. The highest BCUT2D eigenvalue weighted by molar-refractivity contribution is 7.99. The van der Waals surface area contributed by atoms with Crippen LogP contribution in [-0.2, 0) is 16.1 Å². The largest absolute Gasteiger partial charge is 0.478 e. The molecule has 0 spiro atoms. The number of rotatable bonds is 9. The van der Waals surface area contributed by atoms with Gasteiger partial charge in [0.05, 0.1) is 24.4 Å². The highest BCUT2D eigenvalue weighted by Gasteiger charge is 2.38. The van der Waals surface area contributed by atoms with Crippen LogP contribution in [0.3, 0.4) is 0 Å². The van der Waals surface area contributed by atoms with E-state index in [1.807, 2.05) is 56.3 Å². The van der Waals surface area contributed by atoms with Gasteiger partial charge in [0.1, 0.15) is 5.03 Å². The Hall–Kier alpha value is -3.44. The first-order chi connectivity index (χ1) is 18.4. The zero-order valence-corrected chi connectivity index (χ0v) is 22.0. The molecule has 9 nitrogen and oxygen atoms in total. The summed E-state index contributed by atoms with van der Waals surface area (Å²) in [5.74, 6) is -0.648. The van der Waals surface area contributed by atoms with Crippen LogP contribution in [0.15, 0.2) is 71.9 Å². The summed E-state index contributed by atoms with van der Waals surface area (Å²) in [7, 11) is 0. The number of hydrogen-bond donors (Lipinski definition) is 4. The number of nitrogens with one attached hydrogen (secondary N) is 2. The SMILES string of the molecule is CCNC(=O)Nc1cccc([C@H]2O[C@@H](CSc3ncccc3C(=O)O)[C@@H](C)[C@@H](c3ccc(CO)cc3)O2)c1. The quantitative estimate of drug-likeness (QED) is 0.281. The third-order valence-corrected chi connectivity index (χ3v) is 7.36. The second-order valence-electron chi connectivity index (χ2n) is 8.90. The number of benzene rings is 2. The summed E-state index contributed by atoms with van der Waals surface area (Å²) in [6.07, 6.45) is 0.225. The smallest absolute Gasteiger partial charge is 0.338 e. The summed E-state index contributed by atoms with van der Waals surface area (Å²) in [5.41, 5.74) is 3.24. The number of thioether (sulfide) groups is 1. The number of aliphatic hydroxyl groups excluding tert-OH is 1. The van der Waals surface area contributed by atoms with E-state index in [9.17, 15) is 19.8 Å². The number of anilines is 1. The van der Waals surface area contributed by atoms with Crippen LogP contribution in [0, 0.1) is 5.92 Å². The molecule has 200 valence electrons. The third-order valence-electron chi connectivity index (χ3n) is 6.26. The third kappa shape index (κ3) is 6.70. The number of amides is 2. The fourth-order valence-corrected chi connectivity index (χ4v) is 5.39. The molecule has 4 rings (SSSR count). The summed E-state index contributed by atoms with van der Waals surface area (Å²) >= 11 is 1.33. The average molecular weight is 538 g/mol. The molecule has 1 aliphatic heterocycles. The lowest BCUT2D eigenvalue weighted by atomic mass is 9.91. The average Bonchev–Trinajstić information content (AvgIpc) is 2.93. The lowest BCUT2D eigenvalue weighted by molar-refractivity contribution is -0.268. The van der Waals surface area contributed by atoms with Gasteiger partial charge in [-0.05, 0) is 42.3 Å². The molecule has 0 radical (unpaired) electrons. The van der Waals surface area contributed by atoms with E-state index in [0.717, 1.165) is 16.7 Å². The van der Waals surface area contributed by atoms with Gasteiger partial charge in [0, 0.05) is 35.7 Å². The van der Waals surface area contributed by atoms with Gasteiger partial charge in [-0.1, -0.05) is 43.3 Å². The molecule has 0 unspecified atom stereocenters. The predicted octanol–water partition coefficient (Wildman–Crippen LogP) is 5.00. The highest BCUT2D eigenvalue weighted by atomic mass is 32.2. The van der Waals surface area contributed by atoms with Gasteiger partial charge in [-0.25, -0.2) is 14.6 Å². The number of carboxylic acids is 1. The topological polar surface area (TPSA) is 130 Å². The molecule has 38 heavy (non-hydrogen) atoms. The first kappa shape index (κ1) is 27.6. The van der Waals surface area contributed by atoms with Crippen molar-refractivity contribution in [2.24, 2.45) is 5.92 Å². The summed E-state index contributed by atoms with van der Waals surface area (Å²) in [4.78, 5) is 27.9. The fourth-order valence-electron chi connectivity index (χ4n) is 4.24. The number of urea groups is 1. The second-order valence-corrected chi connectivity index (χ2v) is 9.91. The van der Waals surface area contributed by atoms with Gasteiger partial charge in [-0.2, -0.15) is 0 Å². The van der Waals surface area contributed by atoms with Crippen LogP contribution in [-0.4, -0.2) is 45.6 Å². The lowest BCUT2D eigenvalue weighted by Gasteiger charge is -2.41. The van der Waals surface area contributed by atoms with Crippen molar-refractivity contribution < 1.29 is 29.3 Å². The first-order valence-electron chi connectivity index (χ1n) is 12.4. The number of ether oxygens (including phenoxy) is 2. The van der Waals surface area contributed by atoms with Gasteiger partial charge in [0.15, 0.2) is 6.29 Å². The van der Waals surface area contributed by atoms with Crippen LogP contribution >= 0.6 is 11.8 Å². The minimum atomic E-state index is -1.03. The minimum absolute atomic E-state index is 0.0479. The predicted molar refractivity (Wildman–Crippen MR) is 144 cm³/mol. The van der Waals surface area contributed by atoms with Crippen molar-refractivity contribution in [1.29, 1.82) is 0 Å². The normalized spacial score (nSPS) is 21.0. The number of pyridine rings is 1. The lowest BCUT2D eigenvalue weighted by Crippen LogP contribution is -2.38. The van der Waals surface area contributed by atoms with E-state index >= 15 is 0 Å². The first-order valence-corrected chi connectivity index (χ1v) is 13.3. The molecular weight excluding hydrogens is 506 g/mol. The zero-order chi connectivity index (χ0) is 27.1. The highest BCUT2D eigenvalue weighted by Crippen LogP contribution is 2.43. The Morgan fingerprint density at radius 2 is 1.84 bits per heavy atom. The molecule has 1 aliphatic rings. The van der Waals surface area contributed by atoms with E-state index in [0.29, 0.717) is 23.0 Å². The van der Waals surface area contributed by atoms with Crippen LogP contribution in [0.4, 0.5) is 10.5 Å². The van der Waals surface area contributed by atoms with Crippen LogP contribution in [0.1, 0.15) is 53.3 Å². The Balaban J connectivity index is 1.60. The van der Waals surface area contributed by atoms with Gasteiger partial charge in [-0.15, -0.1) is 11.8 Å².